The summed E-state index contributed by atoms with van der Waals surface area (Å²) in [5.74, 6) is -2.92. The summed E-state index contributed by atoms with van der Waals surface area (Å²) in [6, 6.07) is 15.2. The third-order valence-electron chi connectivity index (χ3n) is 3.97. The molecule has 0 radical (unpaired) electrons. The van der Waals surface area contributed by atoms with Crippen molar-refractivity contribution in [2.24, 2.45) is 5.92 Å². The van der Waals surface area contributed by atoms with Crippen molar-refractivity contribution >= 4 is 17.4 Å². The first-order valence-electron chi connectivity index (χ1n) is 8.22. The van der Waals surface area contributed by atoms with Crippen LogP contribution in [0.1, 0.15) is 10.5 Å². The van der Waals surface area contributed by atoms with Gasteiger partial charge in [-0.15, -0.1) is 0 Å². The van der Waals surface area contributed by atoms with E-state index in [0.717, 1.165) is 0 Å². The van der Waals surface area contributed by atoms with Gasteiger partial charge in [0.1, 0.15) is 17.3 Å². The van der Waals surface area contributed by atoms with Gasteiger partial charge in [0, 0.05) is 17.3 Å². The Labute approximate surface area is 159 Å². The van der Waals surface area contributed by atoms with Crippen molar-refractivity contribution in [2.75, 3.05) is 12.4 Å². The van der Waals surface area contributed by atoms with Crippen LogP contribution in [0.15, 0.2) is 54.6 Å². The minimum absolute atomic E-state index is 0.00617. The molecule has 2 N–H and O–H groups in total. The summed E-state index contributed by atoms with van der Waals surface area (Å²) in [6.45, 7) is 0. The van der Waals surface area contributed by atoms with Crippen molar-refractivity contribution in [1.82, 2.24) is 10.2 Å². The highest BCUT2D eigenvalue weighted by molar-refractivity contribution is 6.15. The Balaban J connectivity index is 1.77. The van der Waals surface area contributed by atoms with Crippen molar-refractivity contribution in [3.05, 3.63) is 66.1 Å². The van der Waals surface area contributed by atoms with E-state index in [1.165, 1.54) is 37.4 Å². The fraction of sp³-hybridized carbons (Fsp3) is 0.100. The number of hydrogen-bond acceptors (Lipinski definition) is 5. The Bertz CT molecular complexity index is 1050. The average molecular weight is 378 g/mol. The van der Waals surface area contributed by atoms with Crippen molar-refractivity contribution in [1.29, 1.82) is 5.26 Å². The highest BCUT2D eigenvalue weighted by Gasteiger charge is 2.29. The molecule has 3 rings (SSSR count). The van der Waals surface area contributed by atoms with E-state index in [2.05, 4.69) is 15.5 Å². The quantitative estimate of drug-likeness (QED) is 0.506. The number of benzene rings is 2. The van der Waals surface area contributed by atoms with Gasteiger partial charge in [0.05, 0.1) is 18.9 Å². The molecule has 0 aliphatic heterocycles. The Kier molecular flexibility index (Phi) is 5.46. The van der Waals surface area contributed by atoms with Crippen LogP contribution >= 0.6 is 0 Å². The molecule has 0 bridgehead atoms. The number of Topliss-reactive ketones (excluding diaryl/α,β-unsaturated/α-hetero) is 1. The first-order chi connectivity index (χ1) is 13.5. The number of carbonyl (C=O) groups excluding carboxylic acids is 2. The Morgan fingerprint density at radius 1 is 1.21 bits per heavy atom. The van der Waals surface area contributed by atoms with Gasteiger partial charge in [0.25, 0.3) is 0 Å². The number of carbonyl (C=O) groups is 2. The monoisotopic (exact) mass is 378 g/mol. The van der Waals surface area contributed by atoms with Gasteiger partial charge in [-0.3, -0.25) is 14.7 Å². The molecule has 2 aromatic carbocycles. The number of methoxy groups -OCH3 is 1. The first kappa shape index (κ1) is 18.8. The number of nitrogens with one attached hydrogen (secondary N) is 2. The van der Waals surface area contributed by atoms with Gasteiger partial charge in [-0.1, -0.05) is 6.07 Å². The number of amides is 1. The molecule has 1 atom stereocenters. The second-order valence-electron chi connectivity index (χ2n) is 5.82. The number of rotatable bonds is 6. The van der Waals surface area contributed by atoms with Crippen LogP contribution in [-0.4, -0.2) is 29.0 Å². The molecule has 0 aliphatic carbocycles. The molecule has 1 unspecified atom stereocenters. The first-order valence-corrected chi connectivity index (χ1v) is 8.22. The zero-order valence-electron chi connectivity index (χ0n) is 14.8. The Morgan fingerprint density at radius 2 is 1.96 bits per heavy atom. The highest BCUT2D eigenvalue weighted by Crippen LogP contribution is 2.21. The number of nitriles is 1. The van der Waals surface area contributed by atoms with E-state index in [4.69, 9.17) is 4.74 Å². The van der Waals surface area contributed by atoms with Gasteiger partial charge in [0.2, 0.25) is 11.7 Å². The Morgan fingerprint density at radius 3 is 2.64 bits per heavy atom. The maximum absolute atomic E-state index is 13.0. The fourth-order valence-electron chi connectivity index (χ4n) is 2.52. The summed E-state index contributed by atoms with van der Waals surface area (Å²) in [6.07, 6.45) is 0. The summed E-state index contributed by atoms with van der Waals surface area (Å²) < 4.78 is 18.1. The highest BCUT2D eigenvalue weighted by atomic mass is 19.1. The maximum atomic E-state index is 13.0. The maximum Gasteiger partial charge on any atom is 0.249 e. The molecule has 8 heteroatoms. The molecule has 1 aromatic heterocycles. The second-order valence-corrected chi connectivity index (χ2v) is 5.82. The number of hydrogen-bond donors (Lipinski definition) is 2. The van der Waals surface area contributed by atoms with E-state index in [1.54, 1.807) is 30.3 Å². The normalized spacial score (nSPS) is 11.3. The molecule has 0 aliphatic rings. The molecule has 28 heavy (non-hydrogen) atoms. The SMILES string of the molecule is COc1cccc(NC(=O)C(C#N)C(=O)c2cc(-c3ccc(F)cc3)n[nH]2)c1. The molecule has 1 heterocycles. The molecule has 0 saturated heterocycles. The number of aromatic nitrogens is 2. The summed E-state index contributed by atoms with van der Waals surface area (Å²) in [5, 5.41) is 18.4. The van der Waals surface area contributed by atoms with Gasteiger partial charge in [-0.2, -0.15) is 10.4 Å². The van der Waals surface area contributed by atoms with Crippen LogP contribution < -0.4 is 10.1 Å². The molecular formula is C20H15FN4O3. The van der Waals surface area contributed by atoms with Crippen molar-refractivity contribution in [3.8, 4) is 23.1 Å². The molecule has 3 aromatic rings. The lowest BCUT2D eigenvalue weighted by Crippen LogP contribution is -2.28. The summed E-state index contributed by atoms with van der Waals surface area (Å²) >= 11 is 0. The smallest absolute Gasteiger partial charge is 0.249 e. The molecule has 1 amide bonds. The largest absolute Gasteiger partial charge is 0.497 e. The predicted octanol–water partition coefficient (Wildman–Crippen LogP) is 3.19. The topological polar surface area (TPSA) is 108 Å². The molecule has 7 nitrogen and oxygen atoms in total. The number of H-pyrrole nitrogens is 1. The van der Waals surface area contributed by atoms with Gasteiger partial charge < -0.3 is 10.1 Å². The zero-order chi connectivity index (χ0) is 20.1. The zero-order valence-corrected chi connectivity index (χ0v) is 14.8. The minimum Gasteiger partial charge on any atom is -0.497 e. The second kappa shape index (κ2) is 8.14. The fourth-order valence-corrected chi connectivity index (χ4v) is 2.52. The average Bonchev–Trinajstić information content (AvgIpc) is 3.19. The molecule has 0 saturated carbocycles. The molecule has 0 fully saturated rings. The van der Waals surface area contributed by atoms with Crippen molar-refractivity contribution in [2.45, 2.75) is 0 Å². The molecule has 140 valence electrons. The Hall–Kier alpha value is -3.99. The van der Waals surface area contributed by atoms with Gasteiger partial charge in [-0.05, 0) is 42.5 Å². The minimum atomic E-state index is -1.56. The number of ether oxygens (including phenoxy) is 1. The van der Waals surface area contributed by atoms with E-state index in [9.17, 15) is 19.2 Å². The summed E-state index contributed by atoms with van der Waals surface area (Å²) in [5.41, 5.74) is 1.39. The molecular weight excluding hydrogens is 363 g/mol. The van der Waals surface area contributed by atoms with Crippen molar-refractivity contribution < 1.29 is 18.7 Å². The molecule has 0 spiro atoms. The van der Waals surface area contributed by atoms with Crippen LogP contribution in [0.4, 0.5) is 10.1 Å². The van der Waals surface area contributed by atoms with Crippen molar-refractivity contribution in [3.63, 3.8) is 0 Å². The summed E-state index contributed by atoms with van der Waals surface area (Å²) in [7, 11) is 1.49. The summed E-state index contributed by atoms with van der Waals surface area (Å²) in [4.78, 5) is 25.0. The lowest BCUT2D eigenvalue weighted by atomic mass is 10.0. The lowest BCUT2D eigenvalue weighted by Gasteiger charge is -2.09. The van der Waals surface area contributed by atoms with Gasteiger partial charge in [-0.25, -0.2) is 4.39 Å². The van der Waals surface area contributed by atoms with E-state index in [1.807, 2.05) is 0 Å². The van der Waals surface area contributed by atoms with Crippen LogP contribution in [0.2, 0.25) is 0 Å². The van der Waals surface area contributed by atoms with E-state index in [-0.39, 0.29) is 5.69 Å². The van der Waals surface area contributed by atoms with Gasteiger partial charge in [0.15, 0.2) is 5.92 Å². The van der Waals surface area contributed by atoms with Crippen LogP contribution in [0.5, 0.6) is 5.75 Å². The number of anilines is 1. The predicted molar refractivity (Wildman–Crippen MR) is 99.0 cm³/mol. The van der Waals surface area contributed by atoms with Crippen LogP contribution in [-0.2, 0) is 4.79 Å². The lowest BCUT2D eigenvalue weighted by molar-refractivity contribution is -0.117. The van der Waals surface area contributed by atoms with Gasteiger partial charge >= 0.3 is 0 Å². The number of halogens is 1. The number of ketones is 1. The van der Waals surface area contributed by atoms with E-state index < -0.39 is 23.4 Å². The number of aromatic amines is 1. The van der Waals surface area contributed by atoms with E-state index in [0.29, 0.717) is 22.7 Å². The number of nitrogens with zero attached hydrogens (tertiary/aromatic N) is 2. The van der Waals surface area contributed by atoms with Crippen LogP contribution in [0.3, 0.4) is 0 Å². The third-order valence-corrected chi connectivity index (χ3v) is 3.97. The van der Waals surface area contributed by atoms with Crippen LogP contribution in [0.25, 0.3) is 11.3 Å². The standard InChI is InChI=1S/C20H15FN4O3/c1-28-15-4-2-3-14(9-15)23-20(27)16(11-22)19(26)18-10-17(24-25-18)12-5-7-13(21)8-6-12/h2-10,16H,1H3,(H,23,27)(H,24,25). The van der Waals surface area contributed by atoms with E-state index >= 15 is 0 Å². The third kappa shape index (κ3) is 4.04. The van der Waals surface area contributed by atoms with Crippen LogP contribution in [0, 0.1) is 23.1 Å².